The van der Waals surface area contributed by atoms with E-state index in [1.807, 2.05) is 13.8 Å². The van der Waals surface area contributed by atoms with Crippen LogP contribution in [0.25, 0.3) is 0 Å². The Balaban J connectivity index is 2.56. The lowest BCUT2D eigenvalue weighted by Crippen LogP contribution is -2.11. The highest BCUT2D eigenvalue weighted by molar-refractivity contribution is 5.54. The summed E-state index contributed by atoms with van der Waals surface area (Å²) in [4.78, 5) is 0. The maximum atomic E-state index is 12.4. The van der Waals surface area contributed by atoms with E-state index in [0.717, 1.165) is 12.1 Å². The van der Waals surface area contributed by atoms with E-state index in [2.05, 4.69) is 6.07 Å². The van der Waals surface area contributed by atoms with E-state index >= 15 is 0 Å². The highest BCUT2D eigenvalue weighted by Gasteiger charge is 2.30. The molecular formula is C14H17F3N2O. The number of halogens is 3. The number of nitrogen functional groups attached to an aromatic ring is 1. The quantitative estimate of drug-likeness (QED) is 0.657. The maximum absolute atomic E-state index is 12.4. The number of nitriles is 1. The maximum Gasteiger partial charge on any atom is 0.416 e. The molecule has 20 heavy (non-hydrogen) atoms. The molecule has 0 aromatic heterocycles. The van der Waals surface area contributed by atoms with Gasteiger partial charge in [0.2, 0.25) is 0 Å². The molecule has 0 amide bonds. The van der Waals surface area contributed by atoms with Crippen molar-refractivity contribution in [1.29, 1.82) is 5.26 Å². The molecule has 110 valence electrons. The van der Waals surface area contributed by atoms with Gasteiger partial charge in [0.05, 0.1) is 29.3 Å². The second-order valence-corrected chi connectivity index (χ2v) is 5.20. The Kier molecular flexibility index (Phi) is 4.88. The number of hydrogen-bond acceptors (Lipinski definition) is 3. The minimum Gasteiger partial charge on any atom is -0.491 e. The third kappa shape index (κ3) is 4.65. The molecule has 0 spiro atoms. The minimum atomic E-state index is -4.41. The SMILES string of the molecule is CC(C)(C#N)CCCOc1ccc(C(F)(F)F)cc1N. The van der Waals surface area contributed by atoms with Gasteiger partial charge in [-0.1, -0.05) is 0 Å². The molecule has 0 saturated heterocycles. The van der Waals surface area contributed by atoms with E-state index in [9.17, 15) is 13.2 Å². The lowest BCUT2D eigenvalue weighted by Gasteiger charge is -2.15. The predicted molar refractivity (Wildman–Crippen MR) is 70.0 cm³/mol. The Bertz CT molecular complexity index is 504. The van der Waals surface area contributed by atoms with Crippen molar-refractivity contribution < 1.29 is 17.9 Å². The number of ether oxygens (including phenoxy) is 1. The third-order valence-electron chi connectivity index (χ3n) is 2.84. The molecule has 0 atom stereocenters. The summed E-state index contributed by atoms with van der Waals surface area (Å²) < 4.78 is 42.7. The zero-order chi connectivity index (χ0) is 15.4. The van der Waals surface area contributed by atoms with Gasteiger partial charge in [-0.05, 0) is 44.9 Å². The van der Waals surface area contributed by atoms with E-state index in [1.54, 1.807) is 0 Å². The molecule has 0 fully saturated rings. The Morgan fingerprint density at radius 3 is 2.45 bits per heavy atom. The van der Waals surface area contributed by atoms with Crippen LogP contribution in [0, 0.1) is 16.7 Å². The fourth-order valence-electron chi connectivity index (χ4n) is 1.61. The monoisotopic (exact) mass is 286 g/mol. The smallest absolute Gasteiger partial charge is 0.416 e. The first-order valence-corrected chi connectivity index (χ1v) is 6.16. The van der Waals surface area contributed by atoms with Crippen molar-refractivity contribution in [2.75, 3.05) is 12.3 Å². The number of hydrogen-bond donors (Lipinski definition) is 1. The van der Waals surface area contributed by atoms with Crippen LogP contribution < -0.4 is 10.5 Å². The standard InChI is InChI=1S/C14H17F3N2O/c1-13(2,9-18)6-3-7-20-12-5-4-10(8-11(12)19)14(15,16)17/h4-5,8H,3,6-7,19H2,1-2H3. The van der Waals surface area contributed by atoms with Crippen molar-refractivity contribution in [3.63, 3.8) is 0 Å². The van der Waals surface area contributed by atoms with Gasteiger partial charge in [0.1, 0.15) is 5.75 Å². The Labute approximate surface area is 116 Å². The number of rotatable bonds is 5. The summed E-state index contributed by atoms with van der Waals surface area (Å²) in [6.45, 7) is 3.94. The zero-order valence-electron chi connectivity index (χ0n) is 11.4. The summed E-state index contributed by atoms with van der Waals surface area (Å²) in [6, 6.07) is 5.18. The van der Waals surface area contributed by atoms with Gasteiger partial charge in [0, 0.05) is 0 Å². The molecule has 6 heteroatoms. The summed E-state index contributed by atoms with van der Waals surface area (Å²) in [7, 11) is 0. The average molecular weight is 286 g/mol. The molecule has 0 heterocycles. The minimum absolute atomic E-state index is 0.0423. The highest BCUT2D eigenvalue weighted by Crippen LogP contribution is 2.33. The topological polar surface area (TPSA) is 59.0 Å². The van der Waals surface area contributed by atoms with E-state index in [1.165, 1.54) is 6.07 Å². The summed E-state index contributed by atoms with van der Waals surface area (Å²) in [6.07, 6.45) is -3.14. The van der Waals surface area contributed by atoms with Crippen LogP contribution in [-0.2, 0) is 6.18 Å². The zero-order valence-corrected chi connectivity index (χ0v) is 11.4. The van der Waals surface area contributed by atoms with Crippen LogP contribution in [-0.4, -0.2) is 6.61 Å². The van der Waals surface area contributed by atoms with Gasteiger partial charge in [-0.3, -0.25) is 0 Å². The normalized spacial score (nSPS) is 12.0. The summed E-state index contributed by atoms with van der Waals surface area (Å²) in [5.41, 5.74) is 4.26. The molecule has 0 radical (unpaired) electrons. The van der Waals surface area contributed by atoms with Crippen molar-refractivity contribution in [3.05, 3.63) is 23.8 Å². The van der Waals surface area contributed by atoms with Crippen molar-refractivity contribution >= 4 is 5.69 Å². The Hall–Kier alpha value is -1.90. The lowest BCUT2D eigenvalue weighted by molar-refractivity contribution is -0.137. The highest BCUT2D eigenvalue weighted by atomic mass is 19.4. The number of alkyl halides is 3. The van der Waals surface area contributed by atoms with Gasteiger partial charge in [-0.15, -0.1) is 0 Å². The predicted octanol–water partition coefficient (Wildman–Crippen LogP) is 4.00. The van der Waals surface area contributed by atoms with Crippen LogP contribution >= 0.6 is 0 Å². The largest absolute Gasteiger partial charge is 0.491 e. The molecule has 0 aliphatic rings. The molecule has 2 N–H and O–H groups in total. The Morgan fingerprint density at radius 2 is 1.95 bits per heavy atom. The molecule has 3 nitrogen and oxygen atoms in total. The van der Waals surface area contributed by atoms with Gasteiger partial charge >= 0.3 is 6.18 Å². The number of anilines is 1. The number of benzene rings is 1. The molecular weight excluding hydrogens is 269 g/mol. The first kappa shape index (κ1) is 16.2. The van der Waals surface area contributed by atoms with Gasteiger partial charge in [0.25, 0.3) is 0 Å². The van der Waals surface area contributed by atoms with Crippen LogP contribution in [0.15, 0.2) is 18.2 Å². The fraction of sp³-hybridized carbons (Fsp3) is 0.500. The van der Waals surface area contributed by atoms with Crippen LogP contribution in [0.4, 0.5) is 18.9 Å². The van der Waals surface area contributed by atoms with E-state index < -0.39 is 17.2 Å². The van der Waals surface area contributed by atoms with Crippen LogP contribution in [0.2, 0.25) is 0 Å². The summed E-state index contributed by atoms with van der Waals surface area (Å²) in [5.74, 6) is 0.229. The number of nitrogens with zero attached hydrogens (tertiary/aromatic N) is 1. The second kappa shape index (κ2) is 6.04. The van der Waals surface area contributed by atoms with E-state index in [0.29, 0.717) is 19.4 Å². The summed E-state index contributed by atoms with van der Waals surface area (Å²) >= 11 is 0. The molecule has 0 bridgehead atoms. The van der Waals surface area contributed by atoms with E-state index in [4.69, 9.17) is 15.7 Å². The van der Waals surface area contributed by atoms with Crippen molar-refractivity contribution in [2.45, 2.75) is 32.9 Å². The molecule has 1 rings (SSSR count). The molecule has 0 aliphatic heterocycles. The third-order valence-corrected chi connectivity index (χ3v) is 2.84. The van der Waals surface area contributed by atoms with Crippen LogP contribution in [0.3, 0.4) is 0 Å². The fourth-order valence-corrected chi connectivity index (χ4v) is 1.61. The van der Waals surface area contributed by atoms with Gasteiger partial charge in [0.15, 0.2) is 0 Å². The molecule has 0 aliphatic carbocycles. The first-order chi connectivity index (χ1) is 9.15. The van der Waals surface area contributed by atoms with E-state index in [-0.39, 0.29) is 11.4 Å². The number of nitrogens with two attached hydrogens (primary N) is 1. The summed E-state index contributed by atoms with van der Waals surface area (Å²) in [5, 5.41) is 8.84. The average Bonchev–Trinajstić information content (AvgIpc) is 2.35. The molecule has 0 unspecified atom stereocenters. The molecule has 1 aromatic carbocycles. The first-order valence-electron chi connectivity index (χ1n) is 6.16. The molecule has 1 aromatic rings. The van der Waals surface area contributed by atoms with Gasteiger partial charge in [-0.2, -0.15) is 18.4 Å². The van der Waals surface area contributed by atoms with Crippen molar-refractivity contribution in [3.8, 4) is 11.8 Å². The van der Waals surface area contributed by atoms with Crippen molar-refractivity contribution in [2.24, 2.45) is 5.41 Å². The van der Waals surface area contributed by atoms with Crippen molar-refractivity contribution in [1.82, 2.24) is 0 Å². The van der Waals surface area contributed by atoms with Crippen LogP contribution in [0.5, 0.6) is 5.75 Å². The molecule has 0 saturated carbocycles. The Morgan fingerprint density at radius 1 is 1.30 bits per heavy atom. The lowest BCUT2D eigenvalue weighted by atomic mass is 9.90. The van der Waals surface area contributed by atoms with Crippen LogP contribution in [0.1, 0.15) is 32.3 Å². The second-order valence-electron chi connectivity index (χ2n) is 5.20. The van der Waals surface area contributed by atoms with Gasteiger partial charge < -0.3 is 10.5 Å². The van der Waals surface area contributed by atoms with Gasteiger partial charge in [-0.25, -0.2) is 0 Å².